The number of nitrogens with zero attached hydrogens (tertiary/aromatic N) is 2. The Morgan fingerprint density at radius 2 is 1.76 bits per heavy atom. The Morgan fingerprint density at radius 3 is 2.39 bits per heavy atom. The minimum absolute atomic E-state index is 0.152. The zero-order valence-corrected chi connectivity index (χ0v) is 20.1. The van der Waals surface area contributed by atoms with Gasteiger partial charge >= 0.3 is 0 Å². The standard InChI is InChI=1S/C25H22FIN2O4/c1-2-32-20-10-15(9-19(27)23(20)33-13-14-3-7-18(26)8-4-14)12-28-29-24(30)21-16-5-6-17(11-16)22(21)25(29)31/h3-10,12,16-17,21-22H,2,11,13H2,1H3/t16-,17-,21-,22+/m0/s1. The Hall–Kier alpha value is -2.75. The summed E-state index contributed by atoms with van der Waals surface area (Å²) in [5, 5.41) is 5.29. The molecule has 0 aromatic heterocycles. The van der Waals surface area contributed by atoms with E-state index in [2.05, 4.69) is 39.8 Å². The number of hydrazone groups is 1. The summed E-state index contributed by atoms with van der Waals surface area (Å²) >= 11 is 2.15. The molecule has 2 aromatic carbocycles. The largest absolute Gasteiger partial charge is 0.490 e. The predicted octanol–water partition coefficient (Wildman–Crippen LogP) is 4.55. The molecule has 1 saturated heterocycles. The van der Waals surface area contributed by atoms with Gasteiger partial charge < -0.3 is 9.47 Å². The Morgan fingerprint density at radius 1 is 1.09 bits per heavy atom. The van der Waals surface area contributed by atoms with Crippen LogP contribution >= 0.6 is 22.6 Å². The van der Waals surface area contributed by atoms with Crippen LogP contribution in [0.3, 0.4) is 0 Å². The van der Waals surface area contributed by atoms with Crippen molar-refractivity contribution in [2.45, 2.75) is 20.0 Å². The third-order valence-electron chi connectivity index (χ3n) is 6.40. The second kappa shape index (κ2) is 8.89. The first-order valence-electron chi connectivity index (χ1n) is 10.9. The fraction of sp³-hybridized carbons (Fsp3) is 0.320. The summed E-state index contributed by atoms with van der Waals surface area (Å²) in [7, 11) is 0. The first-order chi connectivity index (χ1) is 16.0. The van der Waals surface area contributed by atoms with Gasteiger partial charge in [-0.1, -0.05) is 24.3 Å². The van der Waals surface area contributed by atoms with E-state index in [1.807, 2.05) is 13.0 Å². The SMILES string of the molecule is CCOc1cc(C=NN2C(=O)[C@@H]3[C@H](C2=O)[C@H]2C=C[C@H]3C2)cc(I)c1OCc1ccc(F)cc1. The third kappa shape index (κ3) is 4.05. The van der Waals surface area contributed by atoms with Gasteiger partial charge in [-0.3, -0.25) is 9.59 Å². The van der Waals surface area contributed by atoms with Crippen molar-refractivity contribution < 1.29 is 23.5 Å². The van der Waals surface area contributed by atoms with Crippen LogP contribution in [0.1, 0.15) is 24.5 Å². The summed E-state index contributed by atoms with van der Waals surface area (Å²) in [5.74, 6) is 0.149. The van der Waals surface area contributed by atoms with Crippen LogP contribution in [0.15, 0.2) is 53.7 Å². The van der Waals surface area contributed by atoms with Crippen LogP contribution in [0.4, 0.5) is 4.39 Å². The number of benzene rings is 2. The van der Waals surface area contributed by atoms with Gasteiger partial charge in [-0.05, 0) is 83.2 Å². The minimum Gasteiger partial charge on any atom is -0.490 e. The Bertz CT molecular complexity index is 1130. The number of hydrogen-bond acceptors (Lipinski definition) is 5. The average Bonchev–Trinajstić information content (AvgIpc) is 3.47. The lowest BCUT2D eigenvalue weighted by Crippen LogP contribution is -2.28. The maximum atomic E-state index is 13.1. The van der Waals surface area contributed by atoms with Crippen molar-refractivity contribution >= 4 is 40.6 Å². The lowest BCUT2D eigenvalue weighted by atomic mass is 9.85. The van der Waals surface area contributed by atoms with Crippen LogP contribution in [-0.2, 0) is 16.2 Å². The molecule has 1 aliphatic heterocycles. The van der Waals surface area contributed by atoms with Crippen LogP contribution in [0.25, 0.3) is 0 Å². The van der Waals surface area contributed by atoms with Crippen molar-refractivity contribution in [3.63, 3.8) is 0 Å². The monoisotopic (exact) mass is 560 g/mol. The number of carbonyl (C=O) groups excluding carboxylic acids is 2. The summed E-state index contributed by atoms with van der Waals surface area (Å²) in [6, 6.07) is 9.75. The van der Waals surface area contributed by atoms with Crippen LogP contribution in [0.2, 0.25) is 0 Å². The fourth-order valence-corrected chi connectivity index (χ4v) is 5.71. The second-order valence-corrected chi connectivity index (χ2v) is 9.57. The highest BCUT2D eigenvalue weighted by molar-refractivity contribution is 14.1. The molecule has 8 heteroatoms. The second-order valence-electron chi connectivity index (χ2n) is 8.41. The number of rotatable bonds is 7. The van der Waals surface area contributed by atoms with Crippen LogP contribution in [0.5, 0.6) is 11.5 Å². The van der Waals surface area contributed by atoms with Gasteiger partial charge in [0.15, 0.2) is 11.5 Å². The van der Waals surface area contributed by atoms with Crippen molar-refractivity contribution in [2.24, 2.45) is 28.8 Å². The molecule has 33 heavy (non-hydrogen) atoms. The molecule has 2 bridgehead atoms. The van der Waals surface area contributed by atoms with Crippen molar-refractivity contribution in [1.29, 1.82) is 0 Å². The molecular weight excluding hydrogens is 538 g/mol. The molecule has 3 aliphatic rings. The van der Waals surface area contributed by atoms with Gasteiger partial charge in [0, 0.05) is 0 Å². The number of carbonyl (C=O) groups is 2. The first kappa shape index (κ1) is 22.1. The van der Waals surface area contributed by atoms with Crippen LogP contribution < -0.4 is 9.47 Å². The van der Waals surface area contributed by atoms with Crippen molar-refractivity contribution in [3.05, 3.63) is 69.1 Å². The first-order valence-corrected chi connectivity index (χ1v) is 12.0. The van der Waals surface area contributed by atoms with Gasteiger partial charge in [-0.2, -0.15) is 10.1 Å². The van der Waals surface area contributed by atoms with E-state index < -0.39 is 0 Å². The molecule has 2 aromatic rings. The fourth-order valence-electron chi connectivity index (χ4n) is 4.93. The van der Waals surface area contributed by atoms with Crippen molar-refractivity contribution in [1.82, 2.24) is 5.01 Å². The number of amides is 2. The van der Waals surface area contributed by atoms with E-state index in [0.29, 0.717) is 23.7 Å². The van der Waals surface area contributed by atoms with E-state index in [-0.39, 0.29) is 47.9 Å². The summed E-state index contributed by atoms with van der Waals surface area (Å²) in [4.78, 5) is 25.7. The molecule has 2 fully saturated rings. The van der Waals surface area contributed by atoms with Crippen molar-refractivity contribution in [3.8, 4) is 11.5 Å². The molecule has 2 amide bonds. The van der Waals surface area contributed by atoms with Gasteiger partial charge in [0.1, 0.15) is 12.4 Å². The summed E-state index contributed by atoms with van der Waals surface area (Å²) in [5.41, 5.74) is 1.52. The van der Waals surface area contributed by atoms with Gasteiger partial charge in [-0.25, -0.2) is 4.39 Å². The highest BCUT2D eigenvalue weighted by Gasteiger charge is 2.59. The van der Waals surface area contributed by atoms with E-state index in [9.17, 15) is 14.0 Å². The summed E-state index contributed by atoms with van der Waals surface area (Å²) in [6.45, 7) is 2.57. The molecular formula is C25H22FIN2O4. The predicted molar refractivity (Wildman–Crippen MR) is 128 cm³/mol. The van der Waals surface area contributed by atoms with Gasteiger partial charge in [0.05, 0.1) is 28.2 Å². The Labute approximate surface area is 204 Å². The third-order valence-corrected chi connectivity index (χ3v) is 7.20. The number of imide groups is 1. The van der Waals surface area contributed by atoms with Crippen LogP contribution in [0, 0.1) is 33.1 Å². The summed E-state index contributed by atoms with van der Waals surface area (Å²) < 4.78 is 25.7. The minimum atomic E-state index is -0.297. The lowest BCUT2D eigenvalue weighted by Gasteiger charge is -2.15. The maximum Gasteiger partial charge on any atom is 0.254 e. The zero-order valence-electron chi connectivity index (χ0n) is 17.9. The molecule has 0 unspecified atom stereocenters. The summed E-state index contributed by atoms with van der Waals surface area (Å²) in [6.07, 6.45) is 6.53. The highest BCUT2D eigenvalue weighted by atomic mass is 127. The lowest BCUT2D eigenvalue weighted by molar-refractivity contribution is -0.140. The average molecular weight is 560 g/mol. The Kier molecular flexibility index (Phi) is 5.94. The van der Waals surface area contributed by atoms with Crippen molar-refractivity contribution in [2.75, 3.05) is 6.61 Å². The van der Waals surface area contributed by atoms with E-state index >= 15 is 0 Å². The van der Waals surface area contributed by atoms with Gasteiger partial charge in [0.2, 0.25) is 0 Å². The topological polar surface area (TPSA) is 68.2 Å². The molecule has 170 valence electrons. The molecule has 1 saturated carbocycles. The Balaban J connectivity index is 1.34. The maximum absolute atomic E-state index is 13.1. The van der Waals surface area contributed by atoms with Gasteiger partial charge in [0.25, 0.3) is 11.8 Å². The van der Waals surface area contributed by atoms with E-state index in [1.54, 1.807) is 18.2 Å². The number of allylic oxidation sites excluding steroid dienone is 2. The molecule has 4 atom stereocenters. The smallest absolute Gasteiger partial charge is 0.254 e. The number of hydrogen-bond donors (Lipinski definition) is 0. The normalized spacial score (nSPS) is 25.4. The van der Waals surface area contributed by atoms with E-state index in [1.165, 1.54) is 18.3 Å². The van der Waals surface area contributed by atoms with E-state index in [4.69, 9.17) is 9.47 Å². The van der Waals surface area contributed by atoms with Gasteiger partial charge in [-0.15, -0.1) is 0 Å². The molecule has 6 nitrogen and oxygen atoms in total. The molecule has 2 aliphatic carbocycles. The quantitative estimate of drug-likeness (QED) is 0.216. The molecule has 0 N–H and O–H groups in total. The molecule has 0 radical (unpaired) electrons. The molecule has 1 heterocycles. The van der Waals surface area contributed by atoms with Crippen LogP contribution in [-0.4, -0.2) is 29.6 Å². The highest BCUT2D eigenvalue weighted by Crippen LogP contribution is 2.52. The molecule has 0 spiro atoms. The molecule has 5 rings (SSSR count). The number of halogens is 2. The van der Waals surface area contributed by atoms with E-state index in [0.717, 1.165) is 20.6 Å². The number of fused-ring (bicyclic) bond motifs is 5. The zero-order chi connectivity index (χ0) is 23.1. The number of ether oxygens (including phenoxy) is 2.